The van der Waals surface area contributed by atoms with Crippen molar-refractivity contribution in [1.29, 1.82) is 0 Å². The summed E-state index contributed by atoms with van der Waals surface area (Å²) in [5, 5.41) is 1.53. The van der Waals surface area contributed by atoms with Crippen molar-refractivity contribution in [1.82, 2.24) is 4.90 Å². The van der Waals surface area contributed by atoms with Crippen molar-refractivity contribution < 1.29 is 9.21 Å². The summed E-state index contributed by atoms with van der Waals surface area (Å²) in [5.74, 6) is 0.344. The molecule has 0 spiro atoms. The molecule has 1 aromatic heterocycles. The first-order valence-corrected chi connectivity index (χ1v) is 8.12. The van der Waals surface area contributed by atoms with Gasteiger partial charge in [0.1, 0.15) is 5.58 Å². The van der Waals surface area contributed by atoms with E-state index in [1.165, 1.54) is 0 Å². The van der Waals surface area contributed by atoms with Crippen molar-refractivity contribution in [2.75, 3.05) is 6.54 Å². The van der Waals surface area contributed by atoms with E-state index in [4.69, 9.17) is 21.8 Å². The monoisotopic (exact) mass is 356 g/mol. The number of rotatable bonds is 2. The maximum atomic E-state index is 12.9. The molecule has 1 saturated heterocycles. The molecule has 23 heavy (non-hydrogen) atoms. The number of nitrogens with two attached hydrogens (primary N) is 1. The van der Waals surface area contributed by atoms with E-state index in [0.717, 1.165) is 36.8 Å². The van der Waals surface area contributed by atoms with Gasteiger partial charge in [0.2, 0.25) is 0 Å². The number of fused-ring (bicyclic) bond motifs is 1. The minimum absolute atomic E-state index is 0. The van der Waals surface area contributed by atoms with Crippen LogP contribution in [-0.4, -0.2) is 29.4 Å². The number of piperidine rings is 1. The minimum Gasteiger partial charge on any atom is -0.451 e. The van der Waals surface area contributed by atoms with Crippen molar-refractivity contribution in [2.45, 2.75) is 45.2 Å². The molecule has 2 N–H and O–H groups in total. The highest BCUT2D eigenvalue weighted by atomic mass is 35.5. The third-order valence-corrected chi connectivity index (χ3v) is 4.74. The fourth-order valence-electron chi connectivity index (χ4n) is 3.28. The largest absolute Gasteiger partial charge is 0.451 e. The number of furan rings is 1. The van der Waals surface area contributed by atoms with Crippen molar-refractivity contribution in [2.24, 2.45) is 5.73 Å². The van der Waals surface area contributed by atoms with Crippen LogP contribution >= 0.6 is 24.0 Å². The van der Waals surface area contributed by atoms with Crippen molar-refractivity contribution in [3.05, 3.63) is 34.5 Å². The Morgan fingerprint density at radius 3 is 2.87 bits per heavy atom. The van der Waals surface area contributed by atoms with Crippen molar-refractivity contribution in [3.8, 4) is 0 Å². The summed E-state index contributed by atoms with van der Waals surface area (Å²) in [6.45, 7) is 4.60. The van der Waals surface area contributed by atoms with Gasteiger partial charge in [-0.1, -0.05) is 11.6 Å². The number of amides is 1. The van der Waals surface area contributed by atoms with Crippen LogP contribution in [0.4, 0.5) is 0 Å². The van der Waals surface area contributed by atoms with Crippen molar-refractivity contribution >= 4 is 40.9 Å². The van der Waals surface area contributed by atoms with Crippen LogP contribution in [0.5, 0.6) is 0 Å². The van der Waals surface area contributed by atoms with E-state index in [1.807, 2.05) is 24.8 Å². The van der Waals surface area contributed by atoms with Gasteiger partial charge in [0, 0.05) is 34.6 Å². The summed E-state index contributed by atoms with van der Waals surface area (Å²) >= 11 is 6.04. The minimum atomic E-state index is -0.0631. The molecule has 0 saturated carbocycles. The fourth-order valence-corrected chi connectivity index (χ4v) is 3.46. The van der Waals surface area contributed by atoms with Crippen LogP contribution in [0.15, 0.2) is 22.6 Å². The van der Waals surface area contributed by atoms with E-state index in [-0.39, 0.29) is 30.4 Å². The van der Waals surface area contributed by atoms with E-state index < -0.39 is 0 Å². The smallest absolute Gasteiger partial charge is 0.290 e. The highest BCUT2D eigenvalue weighted by Crippen LogP contribution is 2.30. The molecule has 6 heteroatoms. The quantitative estimate of drug-likeness (QED) is 0.878. The number of nitrogens with zero attached hydrogens (tertiary/aromatic N) is 1. The van der Waals surface area contributed by atoms with Crippen LogP contribution in [0.25, 0.3) is 11.0 Å². The Labute approximate surface area is 147 Å². The molecule has 1 aliphatic rings. The lowest BCUT2D eigenvalue weighted by molar-refractivity contribution is 0.0553. The molecule has 2 atom stereocenters. The molecule has 1 aliphatic heterocycles. The zero-order valence-electron chi connectivity index (χ0n) is 13.3. The Kier molecular flexibility index (Phi) is 5.61. The maximum absolute atomic E-state index is 12.9. The topological polar surface area (TPSA) is 59.5 Å². The van der Waals surface area contributed by atoms with Gasteiger partial charge in [-0.05, 0) is 51.3 Å². The first kappa shape index (κ1) is 18.1. The average molecular weight is 357 g/mol. The van der Waals surface area contributed by atoms with Gasteiger partial charge in [-0.2, -0.15) is 0 Å². The first-order valence-electron chi connectivity index (χ1n) is 7.74. The fraction of sp³-hybridized carbons (Fsp3) is 0.471. The van der Waals surface area contributed by atoms with E-state index in [9.17, 15) is 4.79 Å². The normalized spacial score (nSPS) is 19.5. The number of carbonyl (C=O) groups excluding carboxylic acids is 1. The number of benzene rings is 1. The number of carbonyl (C=O) groups is 1. The maximum Gasteiger partial charge on any atom is 0.290 e. The zero-order valence-corrected chi connectivity index (χ0v) is 14.9. The molecule has 2 heterocycles. The van der Waals surface area contributed by atoms with Crippen LogP contribution in [0, 0.1) is 6.92 Å². The van der Waals surface area contributed by atoms with Gasteiger partial charge in [-0.25, -0.2) is 0 Å². The predicted molar refractivity (Wildman–Crippen MR) is 95.5 cm³/mol. The highest BCUT2D eigenvalue weighted by Gasteiger charge is 2.32. The number of aryl methyl sites for hydroxylation is 1. The third kappa shape index (κ3) is 3.35. The van der Waals surface area contributed by atoms with Gasteiger partial charge in [0.05, 0.1) is 0 Å². The molecule has 3 rings (SSSR count). The molecule has 1 amide bonds. The summed E-state index contributed by atoms with van der Waals surface area (Å²) in [7, 11) is 0. The summed E-state index contributed by atoms with van der Waals surface area (Å²) in [6.07, 6.45) is 3.08. The Hall–Kier alpha value is -1.23. The molecule has 0 aliphatic carbocycles. The zero-order chi connectivity index (χ0) is 15.9. The molecule has 2 unspecified atom stereocenters. The van der Waals surface area contributed by atoms with Gasteiger partial charge in [0.15, 0.2) is 5.76 Å². The van der Waals surface area contributed by atoms with Crippen LogP contribution in [0.3, 0.4) is 0 Å². The van der Waals surface area contributed by atoms with Crippen LogP contribution in [0.1, 0.15) is 42.3 Å². The van der Waals surface area contributed by atoms with Gasteiger partial charge in [-0.15, -0.1) is 12.4 Å². The number of hydrogen-bond donors (Lipinski definition) is 1. The van der Waals surface area contributed by atoms with Crippen LogP contribution < -0.4 is 5.73 Å². The van der Waals surface area contributed by atoms with E-state index in [2.05, 4.69) is 0 Å². The predicted octanol–water partition coefficient (Wildman–Crippen LogP) is 4.16. The van der Waals surface area contributed by atoms with E-state index in [1.54, 1.807) is 12.1 Å². The molecule has 1 fully saturated rings. The lowest BCUT2D eigenvalue weighted by atomic mass is 9.96. The number of halogens is 2. The summed E-state index contributed by atoms with van der Waals surface area (Å²) < 4.78 is 5.81. The van der Waals surface area contributed by atoms with Gasteiger partial charge in [0.25, 0.3) is 5.91 Å². The SMILES string of the molecule is Cc1c(C(=O)N2CCCCC2C(C)N)oc2ccc(Cl)cc12.Cl. The second kappa shape index (κ2) is 7.12. The molecular formula is C17H22Cl2N2O2. The average Bonchev–Trinajstić information content (AvgIpc) is 2.83. The Bertz CT molecular complexity index is 712. The molecule has 4 nitrogen and oxygen atoms in total. The molecule has 2 aromatic rings. The Morgan fingerprint density at radius 2 is 2.17 bits per heavy atom. The van der Waals surface area contributed by atoms with Gasteiger partial charge >= 0.3 is 0 Å². The molecule has 0 radical (unpaired) electrons. The second-order valence-electron chi connectivity index (χ2n) is 6.12. The van der Waals surface area contributed by atoms with E-state index in [0.29, 0.717) is 16.4 Å². The number of likely N-dealkylation sites (tertiary alicyclic amines) is 1. The summed E-state index contributed by atoms with van der Waals surface area (Å²) in [4.78, 5) is 14.8. The molecular weight excluding hydrogens is 335 g/mol. The first-order chi connectivity index (χ1) is 10.5. The van der Waals surface area contributed by atoms with E-state index >= 15 is 0 Å². The standard InChI is InChI=1S/C17H21ClN2O2.ClH/c1-10-13-9-12(18)6-7-15(13)22-16(10)17(21)20-8-4-3-5-14(20)11(2)19;/h6-7,9,11,14H,3-5,8,19H2,1-2H3;1H. The highest BCUT2D eigenvalue weighted by molar-refractivity contribution is 6.31. The second-order valence-corrected chi connectivity index (χ2v) is 6.55. The molecule has 1 aromatic carbocycles. The Balaban J connectivity index is 0.00000192. The molecule has 0 bridgehead atoms. The summed E-state index contributed by atoms with van der Waals surface area (Å²) in [5.41, 5.74) is 7.60. The number of hydrogen-bond acceptors (Lipinski definition) is 3. The van der Waals surface area contributed by atoms with Gasteiger partial charge < -0.3 is 15.1 Å². The lowest BCUT2D eigenvalue weighted by Gasteiger charge is -2.37. The third-order valence-electron chi connectivity index (χ3n) is 4.51. The van der Waals surface area contributed by atoms with Crippen LogP contribution in [-0.2, 0) is 0 Å². The summed E-state index contributed by atoms with van der Waals surface area (Å²) in [6, 6.07) is 5.46. The van der Waals surface area contributed by atoms with Gasteiger partial charge in [-0.3, -0.25) is 4.79 Å². The molecule has 126 valence electrons. The van der Waals surface area contributed by atoms with Crippen molar-refractivity contribution in [3.63, 3.8) is 0 Å². The lowest BCUT2D eigenvalue weighted by Crippen LogP contribution is -2.51. The van der Waals surface area contributed by atoms with Crippen LogP contribution in [0.2, 0.25) is 5.02 Å². The Morgan fingerprint density at radius 1 is 1.43 bits per heavy atom.